The van der Waals surface area contributed by atoms with E-state index < -0.39 is 0 Å². The summed E-state index contributed by atoms with van der Waals surface area (Å²) in [4.78, 5) is 0. The number of benzene rings is 1. The van der Waals surface area contributed by atoms with Gasteiger partial charge in [-0.25, -0.2) is 0 Å². The van der Waals surface area contributed by atoms with E-state index in [2.05, 4.69) is 63.0 Å². The predicted octanol–water partition coefficient (Wildman–Crippen LogP) is 4.25. The Morgan fingerprint density at radius 3 is 2.57 bits per heavy atom. The molecule has 0 amide bonds. The van der Waals surface area contributed by atoms with Gasteiger partial charge in [-0.1, -0.05) is 36.2 Å². The van der Waals surface area contributed by atoms with Gasteiger partial charge in [0.15, 0.2) is 0 Å². The third-order valence-electron chi connectivity index (χ3n) is 4.07. The Morgan fingerprint density at radius 1 is 1.29 bits per heavy atom. The highest BCUT2D eigenvalue weighted by Crippen LogP contribution is 2.30. The molecule has 0 radical (unpaired) electrons. The largest absolute Gasteiger partial charge is 0.377 e. The van der Waals surface area contributed by atoms with Gasteiger partial charge in [0, 0.05) is 23.7 Å². The van der Waals surface area contributed by atoms with Crippen molar-refractivity contribution in [3.8, 4) is 0 Å². The normalized spacial score (nSPS) is 23.4. The second-order valence-corrected chi connectivity index (χ2v) is 7.44. The van der Waals surface area contributed by atoms with Crippen LogP contribution in [0.1, 0.15) is 49.4 Å². The highest BCUT2D eigenvalue weighted by molar-refractivity contribution is 8.00. The van der Waals surface area contributed by atoms with Gasteiger partial charge in [0.25, 0.3) is 0 Å². The molecule has 1 aliphatic rings. The Kier molecular flexibility index (Phi) is 6.59. The third-order valence-corrected chi connectivity index (χ3v) is 5.64. The van der Waals surface area contributed by atoms with Crippen LogP contribution >= 0.6 is 11.8 Å². The van der Waals surface area contributed by atoms with E-state index in [1.807, 2.05) is 0 Å². The molecule has 0 saturated carbocycles. The Balaban J connectivity index is 2.02. The van der Waals surface area contributed by atoms with Gasteiger partial charge in [-0.15, -0.1) is 0 Å². The molecule has 21 heavy (non-hydrogen) atoms. The number of thioether (sulfide) groups is 1. The first-order valence-corrected chi connectivity index (χ1v) is 9.19. The van der Waals surface area contributed by atoms with Gasteiger partial charge in [0.2, 0.25) is 0 Å². The number of hydrogen-bond acceptors (Lipinski definition) is 3. The van der Waals surface area contributed by atoms with Gasteiger partial charge in [-0.05, 0) is 45.7 Å². The van der Waals surface area contributed by atoms with Crippen molar-refractivity contribution in [2.45, 2.75) is 57.9 Å². The minimum atomic E-state index is 0.404. The van der Waals surface area contributed by atoms with Crippen LogP contribution in [0.2, 0.25) is 0 Å². The van der Waals surface area contributed by atoms with Crippen molar-refractivity contribution in [1.29, 1.82) is 0 Å². The molecule has 0 aromatic heterocycles. The Bertz CT molecular complexity index is 429. The molecule has 0 bridgehead atoms. The highest BCUT2D eigenvalue weighted by atomic mass is 32.2. The maximum Gasteiger partial charge on any atom is 0.0666 e. The van der Waals surface area contributed by atoms with Crippen LogP contribution in [0.4, 0.5) is 0 Å². The molecule has 0 aliphatic carbocycles. The molecular weight excluding hydrogens is 278 g/mol. The summed E-state index contributed by atoms with van der Waals surface area (Å²) < 4.78 is 5.68. The van der Waals surface area contributed by atoms with E-state index in [-0.39, 0.29) is 0 Å². The van der Waals surface area contributed by atoms with Crippen molar-refractivity contribution in [2.24, 2.45) is 0 Å². The van der Waals surface area contributed by atoms with Crippen LogP contribution in [0.25, 0.3) is 0 Å². The smallest absolute Gasteiger partial charge is 0.0666 e. The van der Waals surface area contributed by atoms with Crippen LogP contribution in [0.15, 0.2) is 18.2 Å². The first kappa shape index (κ1) is 16.9. The summed E-state index contributed by atoms with van der Waals surface area (Å²) >= 11 is 2.07. The van der Waals surface area contributed by atoms with E-state index in [4.69, 9.17) is 4.74 Å². The molecule has 3 heteroatoms. The van der Waals surface area contributed by atoms with Crippen molar-refractivity contribution in [1.82, 2.24) is 5.32 Å². The summed E-state index contributed by atoms with van der Waals surface area (Å²) in [5, 5.41) is 4.37. The summed E-state index contributed by atoms with van der Waals surface area (Å²) in [6, 6.07) is 7.35. The maximum absolute atomic E-state index is 5.68. The lowest BCUT2D eigenvalue weighted by atomic mass is 10.0. The molecular formula is C18H29NOS. The van der Waals surface area contributed by atoms with E-state index in [1.54, 1.807) is 0 Å². The molecule has 1 aromatic carbocycles. The first-order chi connectivity index (χ1) is 10.1. The van der Waals surface area contributed by atoms with E-state index in [9.17, 15) is 0 Å². The molecule has 1 aliphatic heterocycles. The monoisotopic (exact) mass is 307 g/mol. The fourth-order valence-electron chi connectivity index (χ4n) is 2.95. The zero-order valence-corrected chi connectivity index (χ0v) is 14.6. The average molecular weight is 308 g/mol. The topological polar surface area (TPSA) is 21.3 Å². The number of nitrogens with one attached hydrogen (secondary N) is 1. The lowest BCUT2D eigenvalue weighted by Crippen LogP contribution is -2.26. The molecule has 3 atom stereocenters. The zero-order chi connectivity index (χ0) is 15.2. The molecule has 1 heterocycles. The van der Waals surface area contributed by atoms with Crippen molar-refractivity contribution in [3.63, 3.8) is 0 Å². The molecule has 0 spiro atoms. The summed E-state index contributed by atoms with van der Waals surface area (Å²) in [6.07, 6.45) is 2.77. The van der Waals surface area contributed by atoms with Gasteiger partial charge in [-0.2, -0.15) is 11.8 Å². The predicted molar refractivity (Wildman–Crippen MR) is 93.2 cm³/mol. The molecule has 1 saturated heterocycles. The third kappa shape index (κ3) is 5.01. The zero-order valence-electron chi connectivity index (χ0n) is 13.8. The lowest BCUT2D eigenvalue weighted by Gasteiger charge is -2.22. The average Bonchev–Trinajstić information content (AvgIpc) is 2.83. The van der Waals surface area contributed by atoms with E-state index in [0.717, 1.165) is 18.9 Å². The Hall–Kier alpha value is -0.510. The number of ether oxygens (including phenoxy) is 1. The van der Waals surface area contributed by atoms with Crippen LogP contribution in [-0.2, 0) is 4.74 Å². The van der Waals surface area contributed by atoms with Gasteiger partial charge in [-0.3, -0.25) is 0 Å². The Morgan fingerprint density at radius 2 is 2.00 bits per heavy atom. The standard InChI is InChI=1S/C18H29NOS/c1-5-7-19-17(12-21-18-6-8-20-15(18)4)16-10-13(2)9-14(3)11-16/h9-11,15,17-19H,5-8,12H2,1-4H3. The van der Waals surface area contributed by atoms with Gasteiger partial charge in [0.1, 0.15) is 0 Å². The van der Waals surface area contributed by atoms with Crippen molar-refractivity contribution in [3.05, 3.63) is 34.9 Å². The second kappa shape index (κ2) is 8.21. The van der Waals surface area contributed by atoms with Gasteiger partial charge in [0.05, 0.1) is 6.10 Å². The minimum Gasteiger partial charge on any atom is -0.377 e. The molecule has 1 N–H and O–H groups in total. The molecule has 118 valence electrons. The van der Waals surface area contributed by atoms with Gasteiger partial charge >= 0.3 is 0 Å². The summed E-state index contributed by atoms with van der Waals surface area (Å²) in [5.74, 6) is 1.13. The van der Waals surface area contributed by atoms with E-state index in [0.29, 0.717) is 17.4 Å². The minimum absolute atomic E-state index is 0.404. The van der Waals surface area contributed by atoms with Crippen LogP contribution < -0.4 is 5.32 Å². The van der Waals surface area contributed by atoms with Crippen LogP contribution in [0, 0.1) is 13.8 Å². The van der Waals surface area contributed by atoms with Crippen molar-refractivity contribution >= 4 is 11.8 Å². The van der Waals surface area contributed by atoms with Gasteiger partial charge < -0.3 is 10.1 Å². The van der Waals surface area contributed by atoms with Crippen molar-refractivity contribution in [2.75, 3.05) is 18.9 Å². The van der Waals surface area contributed by atoms with E-state index >= 15 is 0 Å². The number of aryl methyl sites for hydroxylation is 2. The van der Waals surface area contributed by atoms with Crippen LogP contribution in [0.3, 0.4) is 0 Å². The quantitative estimate of drug-likeness (QED) is 0.813. The molecule has 1 aromatic rings. The maximum atomic E-state index is 5.68. The fraction of sp³-hybridized carbons (Fsp3) is 0.667. The summed E-state index contributed by atoms with van der Waals surface area (Å²) in [7, 11) is 0. The van der Waals surface area contributed by atoms with Crippen LogP contribution in [-0.4, -0.2) is 30.3 Å². The highest BCUT2D eigenvalue weighted by Gasteiger charge is 2.25. The molecule has 3 unspecified atom stereocenters. The van der Waals surface area contributed by atoms with E-state index in [1.165, 1.54) is 29.5 Å². The fourth-order valence-corrected chi connectivity index (χ4v) is 4.32. The first-order valence-electron chi connectivity index (χ1n) is 8.15. The molecule has 2 rings (SSSR count). The lowest BCUT2D eigenvalue weighted by molar-refractivity contribution is 0.127. The summed E-state index contributed by atoms with van der Waals surface area (Å²) in [6.45, 7) is 10.8. The van der Waals surface area contributed by atoms with Crippen molar-refractivity contribution < 1.29 is 4.74 Å². The second-order valence-electron chi connectivity index (χ2n) is 6.16. The number of hydrogen-bond donors (Lipinski definition) is 1. The number of rotatable bonds is 7. The SMILES string of the molecule is CCCNC(CSC1CCOC1C)c1cc(C)cc(C)c1. The molecule has 1 fully saturated rings. The summed E-state index contributed by atoms with van der Waals surface area (Å²) in [5.41, 5.74) is 4.15. The molecule has 2 nitrogen and oxygen atoms in total. The van der Waals surface area contributed by atoms with Crippen LogP contribution in [0.5, 0.6) is 0 Å². The Labute approximate surface area is 134 Å².